The highest BCUT2D eigenvalue weighted by molar-refractivity contribution is 7.91. The van der Waals surface area contributed by atoms with Crippen molar-refractivity contribution in [3.05, 3.63) is 48.5 Å². The Balaban J connectivity index is 2.39. The normalized spacial score (nSPS) is 15.8. The van der Waals surface area contributed by atoms with E-state index in [-0.39, 0.29) is 0 Å². The largest absolute Gasteiger partial charge is 0.355 e. The first-order valence-electron chi connectivity index (χ1n) is 4.88. The van der Waals surface area contributed by atoms with E-state index in [0.29, 0.717) is 9.79 Å². The molecule has 0 radical (unpaired) electrons. The summed E-state index contributed by atoms with van der Waals surface area (Å²) in [7, 11) is -3.36. The summed E-state index contributed by atoms with van der Waals surface area (Å²) < 4.78 is 24.4. The van der Waals surface area contributed by atoms with Gasteiger partial charge in [0.2, 0.25) is 9.84 Å². The molecule has 0 aromatic heterocycles. The lowest BCUT2D eigenvalue weighted by Crippen LogP contribution is -2.05. The summed E-state index contributed by atoms with van der Waals surface area (Å²) in [5.41, 5.74) is 1.58. The first kappa shape index (κ1) is 9.42. The molecule has 16 heavy (non-hydrogen) atoms. The smallest absolute Gasteiger partial charge is 0.206 e. The van der Waals surface area contributed by atoms with Crippen LogP contribution in [0.4, 0.5) is 11.4 Å². The fourth-order valence-corrected chi connectivity index (χ4v) is 3.14. The zero-order valence-electron chi connectivity index (χ0n) is 8.34. The van der Waals surface area contributed by atoms with Crippen molar-refractivity contribution < 1.29 is 8.42 Å². The number of anilines is 2. The maximum absolute atomic E-state index is 12.2. The van der Waals surface area contributed by atoms with Gasteiger partial charge in [0.25, 0.3) is 0 Å². The number of benzene rings is 2. The van der Waals surface area contributed by atoms with Gasteiger partial charge in [-0.3, -0.25) is 0 Å². The monoisotopic (exact) mass is 231 g/mol. The minimum atomic E-state index is -3.36. The van der Waals surface area contributed by atoms with E-state index < -0.39 is 9.84 Å². The molecule has 1 aliphatic heterocycles. The Morgan fingerprint density at radius 2 is 1.31 bits per heavy atom. The summed E-state index contributed by atoms with van der Waals surface area (Å²) in [6.07, 6.45) is 0. The molecule has 2 aromatic carbocycles. The second-order valence-electron chi connectivity index (χ2n) is 3.68. The maximum Gasteiger partial charge on any atom is 0.206 e. The van der Waals surface area contributed by atoms with Crippen LogP contribution in [0.3, 0.4) is 0 Å². The fraction of sp³-hybridized carbons (Fsp3) is 0. The Morgan fingerprint density at radius 3 is 1.81 bits per heavy atom. The van der Waals surface area contributed by atoms with Gasteiger partial charge < -0.3 is 5.32 Å². The lowest BCUT2D eigenvalue weighted by atomic mass is 10.2. The minimum absolute atomic E-state index is 0.328. The van der Waals surface area contributed by atoms with E-state index in [1.165, 1.54) is 0 Å². The SMILES string of the molecule is O=S1(=O)c2cccc(c2)Nc2cccc1c2. The third kappa shape index (κ3) is 1.31. The molecule has 0 atom stereocenters. The highest BCUT2D eigenvalue weighted by atomic mass is 32.2. The number of sulfone groups is 1. The maximum atomic E-state index is 12.2. The predicted molar refractivity (Wildman–Crippen MR) is 61.6 cm³/mol. The van der Waals surface area contributed by atoms with Crippen LogP contribution in [-0.4, -0.2) is 8.42 Å². The molecular formula is C12H9NO2S. The first-order chi connectivity index (χ1) is 7.66. The van der Waals surface area contributed by atoms with Gasteiger partial charge in [-0.2, -0.15) is 0 Å². The zero-order chi connectivity index (χ0) is 11.2. The molecule has 1 aliphatic rings. The Labute approximate surface area is 93.7 Å². The Kier molecular flexibility index (Phi) is 1.82. The van der Waals surface area contributed by atoms with E-state index in [2.05, 4.69) is 5.32 Å². The van der Waals surface area contributed by atoms with Crippen LogP contribution < -0.4 is 5.32 Å². The predicted octanol–water partition coefficient (Wildman–Crippen LogP) is 2.58. The van der Waals surface area contributed by atoms with Gasteiger partial charge in [0, 0.05) is 11.4 Å². The molecule has 0 unspecified atom stereocenters. The molecule has 3 nitrogen and oxygen atoms in total. The molecule has 0 spiro atoms. The molecule has 0 aliphatic carbocycles. The van der Waals surface area contributed by atoms with Gasteiger partial charge in [0.15, 0.2) is 0 Å². The van der Waals surface area contributed by atoms with Crippen LogP contribution in [-0.2, 0) is 9.84 Å². The van der Waals surface area contributed by atoms with Gasteiger partial charge in [0.05, 0.1) is 9.79 Å². The fourth-order valence-electron chi connectivity index (χ4n) is 1.78. The summed E-state index contributed by atoms with van der Waals surface area (Å²) >= 11 is 0. The average molecular weight is 231 g/mol. The van der Waals surface area contributed by atoms with Crippen LogP contribution in [0.5, 0.6) is 0 Å². The highest BCUT2D eigenvalue weighted by Gasteiger charge is 2.20. The number of fused-ring (bicyclic) bond motifs is 4. The lowest BCUT2D eigenvalue weighted by molar-refractivity contribution is 0.596. The van der Waals surface area contributed by atoms with E-state index in [4.69, 9.17) is 0 Å². The summed E-state index contributed by atoms with van der Waals surface area (Å²) in [5.74, 6) is 0. The second-order valence-corrected chi connectivity index (χ2v) is 5.63. The summed E-state index contributed by atoms with van der Waals surface area (Å²) in [4.78, 5) is 0.656. The average Bonchev–Trinajstić information content (AvgIpc) is 2.29. The molecule has 0 saturated heterocycles. The summed E-state index contributed by atoms with van der Waals surface area (Å²) in [6.45, 7) is 0. The molecular weight excluding hydrogens is 222 g/mol. The molecule has 4 bridgehead atoms. The van der Waals surface area contributed by atoms with E-state index in [1.54, 1.807) is 36.4 Å². The Hall–Kier alpha value is -1.81. The molecule has 0 fully saturated rings. The van der Waals surface area contributed by atoms with Crippen molar-refractivity contribution in [2.24, 2.45) is 0 Å². The van der Waals surface area contributed by atoms with Crippen molar-refractivity contribution in [3.63, 3.8) is 0 Å². The number of nitrogens with one attached hydrogen (secondary N) is 1. The van der Waals surface area contributed by atoms with Crippen LogP contribution >= 0.6 is 0 Å². The molecule has 4 heteroatoms. The lowest BCUT2D eigenvalue weighted by Gasteiger charge is -2.14. The van der Waals surface area contributed by atoms with Gasteiger partial charge in [-0.15, -0.1) is 0 Å². The van der Waals surface area contributed by atoms with Crippen molar-refractivity contribution >= 4 is 21.2 Å². The molecule has 1 N–H and O–H groups in total. The van der Waals surface area contributed by atoms with Crippen LogP contribution in [0, 0.1) is 0 Å². The summed E-state index contributed by atoms with van der Waals surface area (Å²) in [5, 5.41) is 3.16. The number of rotatable bonds is 0. The molecule has 1 heterocycles. The van der Waals surface area contributed by atoms with E-state index in [9.17, 15) is 8.42 Å². The van der Waals surface area contributed by atoms with E-state index in [1.807, 2.05) is 12.1 Å². The molecule has 0 saturated carbocycles. The van der Waals surface area contributed by atoms with Gasteiger partial charge in [-0.25, -0.2) is 8.42 Å². The number of hydrogen-bond acceptors (Lipinski definition) is 3. The molecule has 0 amide bonds. The number of hydrogen-bond donors (Lipinski definition) is 1. The van der Waals surface area contributed by atoms with Crippen molar-refractivity contribution in [2.45, 2.75) is 9.79 Å². The van der Waals surface area contributed by atoms with Crippen molar-refractivity contribution in [3.8, 4) is 0 Å². The highest BCUT2D eigenvalue weighted by Crippen LogP contribution is 2.29. The third-order valence-corrected chi connectivity index (χ3v) is 4.33. The summed E-state index contributed by atoms with van der Waals surface area (Å²) in [6, 6.07) is 13.7. The van der Waals surface area contributed by atoms with Gasteiger partial charge in [-0.1, -0.05) is 12.1 Å². The van der Waals surface area contributed by atoms with E-state index in [0.717, 1.165) is 11.4 Å². The molecule has 80 valence electrons. The van der Waals surface area contributed by atoms with Crippen LogP contribution in [0.25, 0.3) is 0 Å². The second kappa shape index (κ2) is 3.09. The quantitative estimate of drug-likeness (QED) is 0.646. The third-order valence-electron chi connectivity index (χ3n) is 2.58. The Bertz CT molecular complexity index is 611. The van der Waals surface area contributed by atoms with E-state index >= 15 is 0 Å². The molecule has 3 rings (SSSR count). The van der Waals surface area contributed by atoms with Gasteiger partial charge >= 0.3 is 0 Å². The topological polar surface area (TPSA) is 46.2 Å². The van der Waals surface area contributed by atoms with Crippen LogP contribution in [0.15, 0.2) is 58.3 Å². The van der Waals surface area contributed by atoms with Crippen molar-refractivity contribution in [1.29, 1.82) is 0 Å². The standard InChI is InChI=1S/C12H9NO2S/c14-16(15)11-5-1-3-9(7-11)13-10-4-2-6-12(16)8-10/h1-8,13H. The first-order valence-corrected chi connectivity index (χ1v) is 6.37. The molecule has 2 aromatic rings. The zero-order valence-corrected chi connectivity index (χ0v) is 9.16. The Morgan fingerprint density at radius 1 is 0.812 bits per heavy atom. The van der Waals surface area contributed by atoms with Gasteiger partial charge in [0.1, 0.15) is 0 Å². The van der Waals surface area contributed by atoms with Crippen LogP contribution in [0.1, 0.15) is 0 Å². The van der Waals surface area contributed by atoms with Crippen molar-refractivity contribution in [1.82, 2.24) is 0 Å². The van der Waals surface area contributed by atoms with Crippen LogP contribution in [0.2, 0.25) is 0 Å². The minimum Gasteiger partial charge on any atom is -0.355 e. The van der Waals surface area contributed by atoms with Crippen molar-refractivity contribution in [2.75, 3.05) is 5.32 Å². The van der Waals surface area contributed by atoms with Gasteiger partial charge in [-0.05, 0) is 36.4 Å².